The SMILES string of the molecule is CN1CC[C@H]2C3=C(CC(C)(C)CC3=O)N(Cc3ccccc3)[C@H]2C1. The first kappa shape index (κ1) is 15.9. The number of benzene rings is 1. The van der Waals surface area contributed by atoms with Gasteiger partial charge in [0.2, 0.25) is 0 Å². The van der Waals surface area contributed by atoms with E-state index in [-0.39, 0.29) is 5.41 Å². The van der Waals surface area contributed by atoms with Crippen molar-refractivity contribution < 1.29 is 4.79 Å². The summed E-state index contributed by atoms with van der Waals surface area (Å²) in [5, 5.41) is 0. The summed E-state index contributed by atoms with van der Waals surface area (Å²) in [6, 6.07) is 11.2. The summed E-state index contributed by atoms with van der Waals surface area (Å²) in [7, 11) is 2.21. The summed E-state index contributed by atoms with van der Waals surface area (Å²) in [5.41, 5.74) is 3.97. The zero-order valence-corrected chi connectivity index (χ0v) is 15.1. The van der Waals surface area contributed by atoms with Gasteiger partial charge in [-0.1, -0.05) is 44.2 Å². The first-order valence-corrected chi connectivity index (χ1v) is 9.20. The molecule has 3 aliphatic rings. The van der Waals surface area contributed by atoms with Crippen LogP contribution in [0.25, 0.3) is 0 Å². The van der Waals surface area contributed by atoms with Gasteiger partial charge >= 0.3 is 0 Å². The lowest BCUT2D eigenvalue weighted by Gasteiger charge is -2.39. The number of rotatable bonds is 2. The van der Waals surface area contributed by atoms with Crippen molar-refractivity contribution in [2.24, 2.45) is 11.3 Å². The number of hydrogen-bond acceptors (Lipinski definition) is 3. The van der Waals surface area contributed by atoms with Crippen molar-refractivity contribution in [1.82, 2.24) is 9.80 Å². The van der Waals surface area contributed by atoms with Crippen LogP contribution in [0.2, 0.25) is 0 Å². The number of nitrogens with zero attached hydrogens (tertiary/aromatic N) is 2. The number of allylic oxidation sites excluding steroid dienone is 1. The summed E-state index contributed by atoms with van der Waals surface area (Å²) < 4.78 is 0. The Bertz CT molecular complexity index is 676. The molecule has 2 atom stereocenters. The van der Waals surface area contributed by atoms with Gasteiger partial charge in [0, 0.05) is 42.7 Å². The number of likely N-dealkylation sites (N-methyl/N-ethyl adjacent to an activating group) is 1. The quantitative estimate of drug-likeness (QED) is 0.832. The Morgan fingerprint density at radius 1 is 1.17 bits per heavy atom. The predicted molar refractivity (Wildman–Crippen MR) is 96.4 cm³/mol. The molecule has 0 N–H and O–H groups in total. The maximum atomic E-state index is 12.9. The van der Waals surface area contributed by atoms with Crippen LogP contribution in [0.15, 0.2) is 41.6 Å². The summed E-state index contributed by atoms with van der Waals surface area (Å²) >= 11 is 0. The van der Waals surface area contributed by atoms with Crippen LogP contribution in [0.1, 0.15) is 38.7 Å². The Hall–Kier alpha value is -1.61. The van der Waals surface area contributed by atoms with Gasteiger partial charge in [0.1, 0.15) is 0 Å². The number of carbonyl (C=O) groups is 1. The minimum absolute atomic E-state index is 0.0876. The minimum atomic E-state index is 0.0876. The van der Waals surface area contributed by atoms with E-state index in [1.807, 2.05) is 0 Å². The molecule has 2 heterocycles. The fourth-order valence-electron chi connectivity index (χ4n) is 4.91. The molecule has 0 unspecified atom stereocenters. The molecule has 0 spiro atoms. The average molecular weight is 324 g/mol. The Balaban J connectivity index is 1.72. The van der Waals surface area contributed by atoms with Crippen molar-refractivity contribution in [2.45, 2.75) is 45.7 Å². The van der Waals surface area contributed by atoms with E-state index in [0.29, 0.717) is 24.2 Å². The molecule has 0 aromatic heterocycles. The van der Waals surface area contributed by atoms with Gasteiger partial charge in [-0.25, -0.2) is 0 Å². The molecule has 0 saturated carbocycles. The lowest BCUT2D eigenvalue weighted by molar-refractivity contribution is -0.118. The Morgan fingerprint density at radius 3 is 2.67 bits per heavy atom. The van der Waals surface area contributed by atoms with Crippen LogP contribution < -0.4 is 0 Å². The standard InChI is InChI=1S/C21H28N2O/c1-21(2)11-17-20(19(24)12-21)16-9-10-22(3)14-18(16)23(17)13-15-7-5-4-6-8-15/h4-8,16,18H,9-14H2,1-3H3/t16-,18+/m1/s1. The Morgan fingerprint density at radius 2 is 1.92 bits per heavy atom. The van der Waals surface area contributed by atoms with E-state index < -0.39 is 0 Å². The van der Waals surface area contributed by atoms with Gasteiger partial charge in [-0.15, -0.1) is 0 Å². The average Bonchev–Trinajstić information content (AvgIpc) is 2.81. The van der Waals surface area contributed by atoms with E-state index >= 15 is 0 Å². The molecule has 1 aromatic rings. The van der Waals surface area contributed by atoms with Gasteiger partial charge < -0.3 is 9.80 Å². The second-order valence-corrected chi connectivity index (χ2v) is 8.64. The van der Waals surface area contributed by atoms with E-state index in [0.717, 1.165) is 32.5 Å². The molecule has 1 aromatic carbocycles. The molecular weight excluding hydrogens is 296 g/mol. The first-order chi connectivity index (χ1) is 11.4. The second kappa shape index (κ2) is 5.73. The third-order valence-corrected chi connectivity index (χ3v) is 5.99. The van der Waals surface area contributed by atoms with Crippen LogP contribution in [-0.4, -0.2) is 41.8 Å². The van der Waals surface area contributed by atoms with Crippen molar-refractivity contribution in [1.29, 1.82) is 0 Å². The summed E-state index contributed by atoms with van der Waals surface area (Å²) in [5.74, 6) is 0.861. The number of ketones is 1. The normalized spacial score (nSPS) is 29.6. The van der Waals surface area contributed by atoms with Gasteiger partial charge in [0.05, 0.1) is 0 Å². The highest BCUT2D eigenvalue weighted by atomic mass is 16.1. The first-order valence-electron chi connectivity index (χ1n) is 9.20. The molecule has 128 valence electrons. The molecule has 1 saturated heterocycles. The maximum Gasteiger partial charge on any atom is 0.161 e. The van der Waals surface area contributed by atoms with Gasteiger partial charge in [-0.05, 0) is 37.4 Å². The van der Waals surface area contributed by atoms with E-state index in [1.165, 1.54) is 16.8 Å². The summed E-state index contributed by atoms with van der Waals surface area (Å²) in [4.78, 5) is 17.9. The van der Waals surface area contributed by atoms with E-state index in [2.05, 4.69) is 61.0 Å². The number of Topliss-reactive ketones (excluding diaryl/α,β-unsaturated/α-hetero) is 1. The predicted octanol–water partition coefficient (Wildman–Crippen LogP) is 3.47. The van der Waals surface area contributed by atoms with Crippen molar-refractivity contribution in [3.05, 3.63) is 47.2 Å². The molecule has 3 nitrogen and oxygen atoms in total. The zero-order chi connectivity index (χ0) is 16.9. The van der Waals surface area contributed by atoms with Gasteiger partial charge in [-0.3, -0.25) is 4.79 Å². The molecule has 0 bridgehead atoms. The second-order valence-electron chi connectivity index (χ2n) is 8.64. The van der Waals surface area contributed by atoms with Crippen molar-refractivity contribution >= 4 is 5.78 Å². The van der Waals surface area contributed by atoms with E-state index in [1.54, 1.807) is 0 Å². The number of piperidine rings is 1. The summed E-state index contributed by atoms with van der Waals surface area (Å²) in [6.45, 7) is 7.58. The monoisotopic (exact) mass is 324 g/mol. The lowest BCUT2D eigenvalue weighted by Crippen LogP contribution is -2.47. The highest BCUT2D eigenvalue weighted by Crippen LogP contribution is 2.49. The zero-order valence-electron chi connectivity index (χ0n) is 15.1. The van der Waals surface area contributed by atoms with Crippen molar-refractivity contribution in [3.8, 4) is 0 Å². The van der Waals surface area contributed by atoms with Gasteiger partial charge in [-0.2, -0.15) is 0 Å². The number of carbonyl (C=O) groups excluding carboxylic acids is 1. The van der Waals surface area contributed by atoms with E-state index in [4.69, 9.17) is 0 Å². The Labute approximate surface area is 145 Å². The molecule has 3 heteroatoms. The molecule has 0 radical (unpaired) electrons. The Kier molecular flexibility index (Phi) is 3.80. The molecule has 1 aliphatic carbocycles. The van der Waals surface area contributed by atoms with Crippen LogP contribution in [-0.2, 0) is 11.3 Å². The molecular formula is C21H28N2O. The van der Waals surface area contributed by atoms with Crippen molar-refractivity contribution in [3.63, 3.8) is 0 Å². The number of likely N-dealkylation sites (tertiary alicyclic amines) is 1. The topological polar surface area (TPSA) is 23.6 Å². The highest BCUT2D eigenvalue weighted by molar-refractivity contribution is 5.98. The molecule has 0 amide bonds. The molecule has 24 heavy (non-hydrogen) atoms. The number of hydrogen-bond donors (Lipinski definition) is 0. The third-order valence-electron chi connectivity index (χ3n) is 5.99. The van der Waals surface area contributed by atoms with Crippen LogP contribution in [0, 0.1) is 11.3 Å². The molecule has 2 aliphatic heterocycles. The highest BCUT2D eigenvalue weighted by Gasteiger charge is 2.49. The van der Waals surface area contributed by atoms with Crippen LogP contribution in [0.3, 0.4) is 0 Å². The smallest absolute Gasteiger partial charge is 0.161 e. The van der Waals surface area contributed by atoms with Crippen molar-refractivity contribution in [2.75, 3.05) is 20.1 Å². The fourth-order valence-corrected chi connectivity index (χ4v) is 4.91. The van der Waals surface area contributed by atoms with E-state index in [9.17, 15) is 4.79 Å². The lowest BCUT2D eigenvalue weighted by atomic mass is 9.73. The maximum absolute atomic E-state index is 12.9. The largest absolute Gasteiger partial charge is 0.365 e. The van der Waals surface area contributed by atoms with Crippen LogP contribution in [0.4, 0.5) is 0 Å². The van der Waals surface area contributed by atoms with Gasteiger partial charge in [0.15, 0.2) is 5.78 Å². The molecule has 1 fully saturated rings. The third kappa shape index (κ3) is 2.69. The summed E-state index contributed by atoms with van der Waals surface area (Å²) in [6.07, 6.45) is 2.87. The van der Waals surface area contributed by atoms with Crippen LogP contribution >= 0.6 is 0 Å². The molecule has 4 rings (SSSR count). The minimum Gasteiger partial charge on any atom is -0.365 e. The number of fused-ring (bicyclic) bond motifs is 2. The van der Waals surface area contributed by atoms with Gasteiger partial charge in [0.25, 0.3) is 0 Å². The van der Waals surface area contributed by atoms with Crippen LogP contribution in [0.5, 0.6) is 0 Å². The fraction of sp³-hybridized carbons (Fsp3) is 0.571.